The Balaban J connectivity index is 1.82. The van der Waals surface area contributed by atoms with Gasteiger partial charge in [0.05, 0.1) is 12.0 Å². The van der Waals surface area contributed by atoms with Crippen LogP contribution in [0.1, 0.15) is 19.8 Å². The Morgan fingerprint density at radius 1 is 1.50 bits per heavy atom. The number of hydrogen-bond donors (Lipinski definition) is 2. The quantitative estimate of drug-likeness (QED) is 0.651. The van der Waals surface area contributed by atoms with E-state index in [1.807, 2.05) is 6.92 Å². The number of ether oxygens (including phenoxy) is 1. The van der Waals surface area contributed by atoms with E-state index in [4.69, 9.17) is 4.74 Å². The lowest BCUT2D eigenvalue weighted by Crippen LogP contribution is -2.41. The Morgan fingerprint density at radius 3 is 2.93 bits per heavy atom. The predicted octanol–water partition coefficient (Wildman–Crippen LogP) is -0.110. The van der Waals surface area contributed by atoms with E-state index in [0.29, 0.717) is 6.04 Å². The highest BCUT2D eigenvalue weighted by molar-refractivity contribution is 5.79. The molecule has 1 amide bonds. The molecular formula is C10H18N2O2. The third kappa shape index (κ3) is 2.07. The first-order chi connectivity index (χ1) is 6.77. The van der Waals surface area contributed by atoms with Crippen molar-refractivity contribution >= 4 is 5.91 Å². The SMILES string of the molecule is CC1OCCC1C(=O)N[C@H]1CCNC1. The summed E-state index contributed by atoms with van der Waals surface area (Å²) in [4.78, 5) is 11.8. The van der Waals surface area contributed by atoms with Crippen LogP contribution in [0.4, 0.5) is 0 Å². The zero-order chi connectivity index (χ0) is 9.97. The van der Waals surface area contributed by atoms with Gasteiger partial charge in [0.2, 0.25) is 5.91 Å². The van der Waals surface area contributed by atoms with Gasteiger partial charge in [-0.05, 0) is 26.3 Å². The summed E-state index contributed by atoms with van der Waals surface area (Å²) in [6.07, 6.45) is 2.00. The van der Waals surface area contributed by atoms with Crippen molar-refractivity contribution in [2.75, 3.05) is 19.7 Å². The molecule has 4 nitrogen and oxygen atoms in total. The fourth-order valence-corrected chi connectivity index (χ4v) is 2.16. The van der Waals surface area contributed by atoms with Crippen LogP contribution in [0.3, 0.4) is 0 Å². The van der Waals surface area contributed by atoms with E-state index < -0.39 is 0 Å². The van der Waals surface area contributed by atoms with Crippen LogP contribution in [0.15, 0.2) is 0 Å². The normalized spacial score (nSPS) is 37.4. The number of carbonyl (C=O) groups is 1. The molecule has 2 rings (SSSR count). The lowest BCUT2D eigenvalue weighted by atomic mass is 10.0. The summed E-state index contributed by atoms with van der Waals surface area (Å²) >= 11 is 0. The molecule has 14 heavy (non-hydrogen) atoms. The maximum absolute atomic E-state index is 11.8. The third-order valence-corrected chi connectivity index (χ3v) is 3.12. The number of nitrogens with one attached hydrogen (secondary N) is 2. The first-order valence-electron chi connectivity index (χ1n) is 5.40. The minimum Gasteiger partial charge on any atom is -0.378 e. The van der Waals surface area contributed by atoms with Crippen molar-refractivity contribution in [2.24, 2.45) is 5.92 Å². The summed E-state index contributed by atoms with van der Waals surface area (Å²) < 4.78 is 5.37. The summed E-state index contributed by atoms with van der Waals surface area (Å²) in [5.74, 6) is 0.235. The first-order valence-corrected chi connectivity index (χ1v) is 5.40. The lowest BCUT2D eigenvalue weighted by Gasteiger charge is -2.17. The smallest absolute Gasteiger partial charge is 0.226 e. The molecule has 2 N–H and O–H groups in total. The summed E-state index contributed by atoms with van der Waals surface area (Å²) in [6.45, 7) is 4.63. The molecule has 4 heteroatoms. The number of carbonyl (C=O) groups excluding carboxylic acids is 1. The summed E-state index contributed by atoms with van der Waals surface area (Å²) in [6, 6.07) is 0.329. The standard InChI is InChI=1S/C10H18N2O2/c1-7-9(3-5-14-7)10(13)12-8-2-4-11-6-8/h7-9,11H,2-6H2,1H3,(H,12,13)/t7?,8-,9?/m0/s1. The second-order valence-electron chi connectivity index (χ2n) is 4.17. The van der Waals surface area contributed by atoms with Crippen LogP contribution >= 0.6 is 0 Å². The van der Waals surface area contributed by atoms with Crippen molar-refractivity contribution < 1.29 is 9.53 Å². The molecule has 2 aliphatic heterocycles. The molecule has 0 aromatic heterocycles. The summed E-state index contributed by atoms with van der Waals surface area (Å²) in [5.41, 5.74) is 0. The Bertz CT molecular complexity index is 214. The molecule has 2 heterocycles. The molecule has 2 saturated heterocycles. The van der Waals surface area contributed by atoms with Crippen LogP contribution in [-0.2, 0) is 9.53 Å². The average Bonchev–Trinajstić information content (AvgIpc) is 2.75. The maximum Gasteiger partial charge on any atom is 0.226 e. The Hall–Kier alpha value is -0.610. The van der Waals surface area contributed by atoms with Gasteiger partial charge >= 0.3 is 0 Å². The van der Waals surface area contributed by atoms with Crippen LogP contribution in [0.5, 0.6) is 0 Å². The highest BCUT2D eigenvalue weighted by atomic mass is 16.5. The molecule has 3 atom stereocenters. The Labute approximate surface area is 84.4 Å². The predicted molar refractivity (Wildman–Crippen MR) is 52.9 cm³/mol. The van der Waals surface area contributed by atoms with Crippen LogP contribution < -0.4 is 10.6 Å². The molecule has 0 aromatic carbocycles. The topological polar surface area (TPSA) is 50.4 Å². The van der Waals surface area contributed by atoms with Gasteiger partial charge in [-0.1, -0.05) is 0 Å². The van der Waals surface area contributed by atoms with Gasteiger partial charge in [-0.3, -0.25) is 4.79 Å². The number of hydrogen-bond acceptors (Lipinski definition) is 3. The van der Waals surface area contributed by atoms with Crippen molar-refractivity contribution in [2.45, 2.75) is 31.9 Å². The van der Waals surface area contributed by atoms with Gasteiger partial charge in [0.15, 0.2) is 0 Å². The third-order valence-electron chi connectivity index (χ3n) is 3.12. The molecule has 0 spiro atoms. The largest absolute Gasteiger partial charge is 0.378 e. The van der Waals surface area contributed by atoms with Crippen molar-refractivity contribution in [3.8, 4) is 0 Å². The second kappa shape index (κ2) is 4.28. The van der Waals surface area contributed by atoms with E-state index in [1.54, 1.807) is 0 Å². The van der Waals surface area contributed by atoms with E-state index in [-0.39, 0.29) is 17.9 Å². The zero-order valence-electron chi connectivity index (χ0n) is 8.58. The molecule has 2 fully saturated rings. The highest BCUT2D eigenvalue weighted by Gasteiger charge is 2.32. The fraction of sp³-hybridized carbons (Fsp3) is 0.900. The van der Waals surface area contributed by atoms with E-state index in [2.05, 4.69) is 10.6 Å². The molecule has 0 radical (unpaired) electrons. The molecule has 0 saturated carbocycles. The van der Waals surface area contributed by atoms with Crippen LogP contribution in [-0.4, -0.2) is 37.7 Å². The molecular weight excluding hydrogens is 180 g/mol. The van der Waals surface area contributed by atoms with E-state index in [9.17, 15) is 4.79 Å². The Kier molecular flexibility index (Phi) is 3.03. The van der Waals surface area contributed by atoms with Crippen LogP contribution in [0.2, 0.25) is 0 Å². The molecule has 80 valence electrons. The number of rotatable bonds is 2. The van der Waals surface area contributed by atoms with Crippen LogP contribution in [0, 0.1) is 5.92 Å². The summed E-state index contributed by atoms with van der Waals surface area (Å²) in [5, 5.41) is 6.30. The van der Waals surface area contributed by atoms with Gasteiger partial charge in [-0.15, -0.1) is 0 Å². The maximum atomic E-state index is 11.8. The zero-order valence-corrected chi connectivity index (χ0v) is 8.58. The van der Waals surface area contributed by atoms with Crippen molar-refractivity contribution in [3.05, 3.63) is 0 Å². The monoisotopic (exact) mass is 198 g/mol. The number of amides is 1. The van der Waals surface area contributed by atoms with Gasteiger partial charge in [0.1, 0.15) is 0 Å². The van der Waals surface area contributed by atoms with Crippen molar-refractivity contribution in [1.29, 1.82) is 0 Å². The average molecular weight is 198 g/mol. The van der Waals surface area contributed by atoms with Gasteiger partial charge in [0.25, 0.3) is 0 Å². The van der Waals surface area contributed by atoms with Gasteiger partial charge in [-0.2, -0.15) is 0 Å². The van der Waals surface area contributed by atoms with Crippen LogP contribution in [0.25, 0.3) is 0 Å². The van der Waals surface area contributed by atoms with E-state index in [1.165, 1.54) is 0 Å². The molecule has 2 unspecified atom stereocenters. The fourth-order valence-electron chi connectivity index (χ4n) is 2.16. The van der Waals surface area contributed by atoms with Crippen molar-refractivity contribution in [3.63, 3.8) is 0 Å². The minimum absolute atomic E-state index is 0.0654. The minimum atomic E-state index is 0.0654. The summed E-state index contributed by atoms with van der Waals surface area (Å²) in [7, 11) is 0. The first kappa shape index (κ1) is 9.93. The molecule has 0 aliphatic carbocycles. The molecule has 2 aliphatic rings. The van der Waals surface area contributed by atoms with Gasteiger partial charge in [0, 0.05) is 19.2 Å². The van der Waals surface area contributed by atoms with Crippen molar-refractivity contribution in [1.82, 2.24) is 10.6 Å². The van der Waals surface area contributed by atoms with Gasteiger partial charge in [-0.25, -0.2) is 0 Å². The lowest BCUT2D eigenvalue weighted by molar-refractivity contribution is -0.126. The second-order valence-corrected chi connectivity index (χ2v) is 4.17. The van der Waals surface area contributed by atoms with E-state index in [0.717, 1.165) is 32.5 Å². The highest BCUT2D eigenvalue weighted by Crippen LogP contribution is 2.20. The van der Waals surface area contributed by atoms with E-state index >= 15 is 0 Å². The molecule has 0 bridgehead atoms. The molecule has 0 aromatic rings. The van der Waals surface area contributed by atoms with Gasteiger partial charge < -0.3 is 15.4 Å². The Morgan fingerprint density at radius 2 is 2.36 bits per heavy atom.